The van der Waals surface area contributed by atoms with Crippen LogP contribution in [0.15, 0.2) is 10.6 Å². The lowest BCUT2D eigenvalue weighted by molar-refractivity contribution is -0.138. The summed E-state index contributed by atoms with van der Waals surface area (Å²) in [5.41, 5.74) is -0.185. The Morgan fingerprint density at radius 3 is 2.17 bits per heavy atom. The van der Waals surface area contributed by atoms with Gasteiger partial charge in [-0.05, 0) is 37.5 Å². The minimum Gasteiger partial charge on any atom is -0.455 e. The number of hydrogen-bond donors (Lipinski definition) is 1. The van der Waals surface area contributed by atoms with Crippen LogP contribution in [0.2, 0.25) is 0 Å². The average Bonchev–Trinajstić information content (AvgIpc) is 3.63. The highest BCUT2D eigenvalue weighted by Crippen LogP contribution is 2.48. The molecule has 9 nitrogen and oxygen atoms in total. The fourth-order valence-corrected chi connectivity index (χ4v) is 5.52. The first-order valence-corrected chi connectivity index (χ1v) is 14.6. The number of fused-ring (bicyclic) bond motifs is 3. The van der Waals surface area contributed by atoms with Crippen LogP contribution in [0.3, 0.4) is 0 Å². The Balaban J connectivity index is 0.000000424. The van der Waals surface area contributed by atoms with E-state index in [4.69, 9.17) is 13.9 Å². The molecule has 2 saturated heterocycles. The molecule has 0 aromatic carbocycles. The number of hydrogen-bond acceptors (Lipinski definition) is 6. The van der Waals surface area contributed by atoms with Gasteiger partial charge in [0.2, 0.25) is 11.7 Å². The van der Waals surface area contributed by atoms with E-state index in [0.29, 0.717) is 12.5 Å². The van der Waals surface area contributed by atoms with Crippen molar-refractivity contribution < 1.29 is 36.7 Å². The largest absolute Gasteiger partial charge is 0.455 e. The van der Waals surface area contributed by atoms with Crippen LogP contribution in [0.25, 0.3) is 11.3 Å². The molecule has 2 amide bonds. The van der Waals surface area contributed by atoms with Crippen molar-refractivity contribution >= 4 is 11.8 Å². The van der Waals surface area contributed by atoms with Crippen molar-refractivity contribution in [2.45, 2.75) is 71.5 Å². The molecule has 0 bridgehead atoms. The molecule has 1 atom stereocenters. The van der Waals surface area contributed by atoms with Crippen LogP contribution in [-0.4, -0.2) is 73.1 Å². The molecule has 228 valence electrons. The predicted molar refractivity (Wildman–Crippen MR) is 145 cm³/mol. The quantitative estimate of drug-likeness (QED) is 0.552. The number of ether oxygens (including phenoxy) is 2. The van der Waals surface area contributed by atoms with Gasteiger partial charge in [-0.1, -0.05) is 20.8 Å². The molecule has 2 aromatic heterocycles. The van der Waals surface area contributed by atoms with Crippen molar-refractivity contribution in [2.24, 2.45) is 11.8 Å². The van der Waals surface area contributed by atoms with E-state index < -0.39 is 23.4 Å². The van der Waals surface area contributed by atoms with Crippen LogP contribution in [0.4, 0.5) is 13.2 Å². The molecule has 12 heteroatoms. The van der Waals surface area contributed by atoms with Crippen LogP contribution < -0.4 is 5.32 Å². The second-order valence-corrected chi connectivity index (χ2v) is 10.7. The first-order valence-electron chi connectivity index (χ1n) is 14.6. The fraction of sp³-hybridized carbons (Fsp3) is 0.690. The van der Waals surface area contributed by atoms with E-state index in [2.05, 4.69) is 10.4 Å². The third kappa shape index (κ3) is 7.14. The van der Waals surface area contributed by atoms with E-state index in [1.165, 1.54) is 7.05 Å². The van der Waals surface area contributed by atoms with E-state index in [-0.39, 0.29) is 41.2 Å². The summed E-state index contributed by atoms with van der Waals surface area (Å²) in [6.07, 6.45) is 1.05. The summed E-state index contributed by atoms with van der Waals surface area (Å²) in [5, 5.41) is 6.78. The second-order valence-electron chi connectivity index (χ2n) is 10.7. The smallest absolute Gasteiger partial charge is 0.420 e. The Kier molecular flexibility index (Phi) is 10.2. The number of carbonyl (C=O) groups excluding carboxylic acids is 2. The molecular weight excluding hydrogens is 541 g/mol. The monoisotopic (exact) mass is 582 g/mol. The number of amides is 2. The first kappa shape index (κ1) is 31.1. The van der Waals surface area contributed by atoms with E-state index in [1.54, 1.807) is 4.68 Å². The maximum absolute atomic E-state index is 14.0. The van der Waals surface area contributed by atoms with Gasteiger partial charge in [0.05, 0.1) is 37.7 Å². The molecule has 41 heavy (non-hydrogen) atoms. The molecule has 1 unspecified atom stereocenters. The molecular formula is C29H41F3N4O5. The standard InChI is InChI=1S/C23H27F3N4O3.C4H8O2.C2H6/c1-12-9-16-17(18(23(24,25)26)20(33-16)21(31)27-2)19-15(12)11-30(28-19)10-13-5-7-29(8-6-13)22(32)14-3-4-14;1-2-6-4-3-5-1;1-2/h11-14H,3-10H2,1-2H3,(H,27,31);1-4H2;1-2H3. The van der Waals surface area contributed by atoms with E-state index >= 15 is 0 Å². The minimum absolute atomic E-state index is 0.0796. The highest BCUT2D eigenvalue weighted by atomic mass is 19.4. The summed E-state index contributed by atoms with van der Waals surface area (Å²) in [5.74, 6) is -0.766. The number of nitrogens with one attached hydrogen (secondary N) is 1. The zero-order valence-corrected chi connectivity index (χ0v) is 24.3. The van der Waals surface area contributed by atoms with E-state index in [0.717, 1.165) is 70.8 Å². The number of likely N-dealkylation sites (tertiary alicyclic amines) is 1. The zero-order chi connectivity index (χ0) is 29.7. The van der Waals surface area contributed by atoms with Gasteiger partial charge in [0, 0.05) is 50.8 Å². The molecule has 1 saturated carbocycles. The summed E-state index contributed by atoms with van der Waals surface area (Å²) in [6.45, 7) is 11.1. The van der Waals surface area contributed by atoms with Crippen LogP contribution in [0.1, 0.15) is 79.8 Å². The highest BCUT2D eigenvalue weighted by Gasteiger charge is 2.46. The highest BCUT2D eigenvalue weighted by molar-refractivity contribution is 5.96. The Hall–Kier alpha value is -2.86. The van der Waals surface area contributed by atoms with Crippen LogP contribution in [0.5, 0.6) is 0 Å². The summed E-state index contributed by atoms with van der Waals surface area (Å²) < 4.78 is 59.0. The van der Waals surface area contributed by atoms with Crippen molar-refractivity contribution in [2.75, 3.05) is 46.6 Å². The van der Waals surface area contributed by atoms with Crippen molar-refractivity contribution in [1.29, 1.82) is 0 Å². The summed E-state index contributed by atoms with van der Waals surface area (Å²) >= 11 is 0. The number of carbonyl (C=O) groups is 2. The van der Waals surface area contributed by atoms with Gasteiger partial charge < -0.3 is 24.1 Å². The molecule has 2 aliphatic heterocycles. The average molecular weight is 583 g/mol. The second kappa shape index (κ2) is 13.4. The molecule has 3 fully saturated rings. The number of piperidine rings is 1. The molecule has 2 aliphatic carbocycles. The van der Waals surface area contributed by atoms with Crippen molar-refractivity contribution in [3.8, 4) is 11.3 Å². The van der Waals surface area contributed by atoms with Gasteiger partial charge in [-0.25, -0.2) is 0 Å². The third-order valence-corrected chi connectivity index (χ3v) is 7.79. The van der Waals surface area contributed by atoms with Gasteiger partial charge in [-0.2, -0.15) is 18.3 Å². The SMILES string of the molecule is C1COCCO1.CC.CNC(=O)c1oc2c(c1C(F)(F)F)-c1nn(CC3CCN(C(=O)C4CC4)CC3)cc1C(C)C2. The van der Waals surface area contributed by atoms with Gasteiger partial charge in [-0.3, -0.25) is 14.3 Å². The molecule has 2 aromatic rings. The molecule has 4 heterocycles. The maximum Gasteiger partial charge on any atom is 0.420 e. The molecule has 1 N–H and O–H groups in total. The van der Waals surface area contributed by atoms with Gasteiger partial charge in [0.1, 0.15) is 11.3 Å². The lowest BCUT2D eigenvalue weighted by Gasteiger charge is -2.32. The van der Waals surface area contributed by atoms with Gasteiger partial charge in [0.15, 0.2) is 0 Å². The first-order chi connectivity index (χ1) is 19.7. The topological polar surface area (TPSA) is 98.8 Å². The van der Waals surface area contributed by atoms with E-state index in [1.807, 2.05) is 31.9 Å². The maximum atomic E-state index is 14.0. The van der Waals surface area contributed by atoms with Gasteiger partial charge in [-0.15, -0.1) is 0 Å². The zero-order valence-electron chi connectivity index (χ0n) is 24.3. The molecule has 4 aliphatic rings. The molecule has 6 rings (SSSR count). The Morgan fingerprint density at radius 2 is 1.66 bits per heavy atom. The lowest BCUT2D eigenvalue weighted by Crippen LogP contribution is -2.40. The van der Waals surface area contributed by atoms with Crippen molar-refractivity contribution in [1.82, 2.24) is 20.0 Å². The molecule has 0 radical (unpaired) electrons. The normalized spacial score (nSPS) is 20.6. The number of nitrogens with zero attached hydrogens (tertiary/aromatic N) is 3. The Bertz CT molecular complexity index is 1180. The predicted octanol–water partition coefficient (Wildman–Crippen LogP) is 4.89. The number of halogens is 3. The van der Waals surface area contributed by atoms with E-state index in [9.17, 15) is 22.8 Å². The summed E-state index contributed by atoms with van der Waals surface area (Å²) in [6, 6.07) is 0. The van der Waals surface area contributed by atoms with Crippen LogP contribution in [-0.2, 0) is 33.4 Å². The number of rotatable bonds is 4. The fourth-order valence-electron chi connectivity index (χ4n) is 5.52. The van der Waals surface area contributed by atoms with Crippen LogP contribution in [0, 0.1) is 11.8 Å². The van der Waals surface area contributed by atoms with Crippen molar-refractivity contribution in [3.63, 3.8) is 0 Å². The lowest BCUT2D eigenvalue weighted by atomic mass is 9.86. The summed E-state index contributed by atoms with van der Waals surface area (Å²) in [4.78, 5) is 26.3. The number of aromatic nitrogens is 2. The molecule has 0 spiro atoms. The number of alkyl halides is 3. The minimum atomic E-state index is -4.75. The van der Waals surface area contributed by atoms with Gasteiger partial charge in [0.25, 0.3) is 5.91 Å². The van der Waals surface area contributed by atoms with Gasteiger partial charge >= 0.3 is 6.18 Å². The number of furan rings is 1. The third-order valence-electron chi connectivity index (χ3n) is 7.79. The summed E-state index contributed by atoms with van der Waals surface area (Å²) in [7, 11) is 1.27. The van der Waals surface area contributed by atoms with Crippen LogP contribution >= 0.6 is 0 Å². The Morgan fingerprint density at radius 1 is 1.05 bits per heavy atom. The van der Waals surface area contributed by atoms with Crippen molar-refractivity contribution in [3.05, 3.63) is 28.8 Å². The Labute approximate surface area is 238 Å².